The zero-order valence-corrected chi connectivity index (χ0v) is 10.2. The molecule has 6 heteroatoms. The summed E-state index contributed by atoms with van der Waals surface area (Å²) in [6.07, 6.45) is 0. The second-order valence-electron chi connectivity index (χ2n) is 3.63. The average Bonchev–Trinajstić information content (AvgIpc) is 2.36. The van der Waals surface area contributed by atoms with Crippen molar-refractivity contribution in [3.63, 3.8) is 0 Å². The minimum absolute atomic E-state index is 0.0181. The molecule has 2 aromatic rings. The molecule has 0 fully saturated rings. The summed E-state index contributed by atoms with van der Waals surface area (Å²) in [4.78, 5) is 0. The molecular weight excluding hydrogens is 274 g/mol. The summed E-state index contributed by atoms with van der Waals surface area (Å²) in [5.41, 5.74) is 4.97. The smallest absolute Gasteiger partial charge is 0.148 e. The first kappa shape index (κ1) is 13.1. The van der Waals surface area contributed by atoms with Gasteiger partial charge in [0.25, 0.3) is 0 Å². The number of hydrogen-bond acceptors (Lipinski definition) is 3. The molecule has 0 aliphatic carbocycles. The topological polar surface area (TPSA) is 59.0 Å². The molecule has 0 spiro atoms. The molecule has 0 atom stereocenters. The summed E-state index contributed by atoms with van der Waals surface area (Å²) in [5, 5.41) is 8.83. The summed E-state index contributed by atoms with van der Waals surface area (Å²) in [5.74, 6) is -1.37. The second kappa shape index (κ2) is 5.12. The van der Waals surface area contributed by atoms with E-state index in [0.717, 1.165) is 12.1 Å². The van der Waals surface area contributed by atoms with E-state index in [9.17, 15) is 8.78 Å². The van der Waals surface area contributed by atoms with Gasteiger partial charge in [0, 0.05) is 6.07 Å². The lowest BCUT2D eigenvalue weighted by atomic mass is 10.2. The standard InChI is InChI=1S/C13H7ClF2N2O/c14-8-4-10(16)11(18)5-13(8)19-12-3-1-2-9(15)7(12)6-17/h1-5H,18H2. The number of nitrogen functional groups attached to an aromatic ring is 1. The average molecular weight is 281 g/mol. The normalized spacial score (nSPS) is 10.0. The second-order valence-corrected chi connectivity index (χ2v) is 4.04. The number of ether oxygens (including phenoxy) is 1. The van der Waals surface area contributed by atoms with Crippen LogP contribution in [-0.2, 0) is 0 Å². The highest BCUT2D eigenvalue weighted by atomic mass is 35.5. The first-order valence-electron chi connectivity index (χ1n) is 5.14. The zero-order valence-electron chi connectivity index (χ0n) is 9.45. The van der Waals surface area contributed by atoms with Crippen molar-refractivity contribution in [3.05, 3.63) is 52.6 Å². The molecule has 0 radical (unpaired) electrons. The lowest BCUT2D eigenvalue weighted by Gasteiger charge is -2.10. The number of rotatable bonds is 2. The van der Waals surface area contributed by atoms with Crippen LogP contribution in [0.25, 0.3) is 0 Å². The van der Waals surface area contributed by atoms with E-state index in [1.807, 2.05) is 0 Å². The molecule has 0 aliphatic heterocycles. The summed E-state index contributed by atoms with van der Waals surface area (Å²) in [7, 11) is 0. The summed E-state index contributed by atoms with van der Waals surface area (Å²) in [6.45, 7) is 0. The Hall–Kier alpha value is -2.32. The molecule has 0 aliphatic rings. The molecule has 0 amide bonds. The molecule has 0 saturated carbocycles. The van der Waals surface area contributed by atoms with Crippen LogP contribution in [0.1, 0.15) is 5.56 Å². The van der Waals surface area contributed by atoms with E-state index in [0.29, 0.717) is 0 Å². The number of anilines is 1. The van der Waals surface area contributed by atoms with Crippen molar-refractivity contribution in [2.75, 3.05) is 5.73 Å². The fourth-order valence-corrected chi connectivity index (χ4v) is 1.63. The van der Waals surface area contributed by atoms with Gasteiger partial charge in [-0.1, -0.05) is 17.7 Å². The van der Waals surface area contributed by atoms with Crippen molar-refractivity contribution in [1.82, 2.24) is 0 Å². The van der Waals surface area contributed by atoms with Crippen LogP contribution < -0.4 is 10.5 Å². The maximum Gasteiger partial charge on any atom is 0.148 e. The quantitative estimate of drug-likeness (QED) is 0.850. The highest BCUT2D eigenvalue weighted by Gasteiger charge is 2.13. The molecule has 2 rings (SSSR count). The van der Waals surface area contributed by atoms with Gasteiger partial charge in [0.2, 0.25) is 0 Å². The predicted octanol–water partition coefficient (Wildman–Crippen LogP) is 3.86. The highest BCUT2D eigenvalue weighted by Crippen LogP contribution is 2.34. The number of nitrogens with zero attached hydrogens (tertiary/aromatic N) is 1. The Labute approximate surface area is 112 Å². The summed E-state index contributed by atoms with van der Waals surface area (Å²) in [6, 6.07) is 7.75. The van der Waals surface area contributed by atoms with Crippen molar-refractivity contribution in [2.45, 2.75) is 0 Å². The number of halogens is 3. The third-order valence-corrected chi connectivity index (χ3v) is 2.65. The lowest BCUT2D eigenvalue weighted by Crippen LogP contribution is -1.95. The molecule has 96 valence electrons. The molecule has 3 nitrogen and oxygen atoms in total. The number of hydrogen-bond donors (Lipinski definition) is 1. The lowest BCUT2D eigenvalue weighted by molar-refractivity contribution is 0.473. The molecule has 19 heavy (non-hydrogen) atoms. The first-order valence-corrected chi connectivity index (χ1v) is 5.51. The van der Waals surface area contributed by atoms with Gasteiger partial charge in [-0.25, -0.2) is 8.78 Å². The van der Waals surface area contributed by atoms with Gasteiger partial charge in [-0.2, -0.15) is 5.26 Å². The van der Waals surface area contributed by atoms with Gasteiger partial charge < -0.3 is 10.5 Å². The first-order chi connectivity index (χ1) is 9.02. The minimum atomic E-state index is -0.716. The van der Waals surface area contributed by atoms with Crippen LogP contribution in [0.2, 0.25) is 5.02 Å². The monoisotopic (exact) mass is 280 g/mol. The van der Waals surface area contributed by atoms with Crippen molar-refractivity contribution < 1.29 is 13.5 Å². The van der Waals surface area contributed by atoms with Gasteiger partial charge in [0.1, 0.15) is 34.8 Å². The van der Waals surface area contributed by atoms with Crippen molar-refractivity contribution in [2.24, 2.45) is 0 Å². The number of benzene rings is 2. The van der Waals surface area contributed by atoms with E-state index in [-0.39, 0.29) is 27.8 Å². The molecule has 0 heterocycles. The van der Waals surface area contributed by atoms with Gasteiger partial charge in [-0.15, -0.1) is 0 Å². The van der Waals surface area contributed by atoms with Gasteiger partial charge >= 0.3 is 0 Å². The van der Waals surface area contributed by atoms with Gasteiger partial charge in [-0.3, -0.25) is 0 Å². The van der Waals surface area contributed by atoms with Crippen LogP contribution in [0.4, 0.5) is 14.5 Å². The third-order valence-electron chi connectivity index (χ3n) is 2.36. The molecule has 0 unspecified atom stereocenters. The van der Waals surface area contributed by atoms with E-state index in [4.69, 9.17) is 27.3 Å². The fourth-order valence-electron chi connectivity index (χ4n) is 1.44. The molecule has 2 N–H and O–H groups in total. The zero-order chi connectivity index (χ0) is 14.0. The van der Waals surface area contributed by atoms with Crippen LogP contribution >= 0.6 is 11.6 Å². The van der Waals surface area contributed by atoms with Crippen molar-refractivity contribution in [1.29, 1.82) is 5.26 Å². The Bertz CT molecular complexity index is 683. The highest BCUT2D eigenvalue weighted by molar-refractivity contribution is 6.32. The van der Waals surface area contributed by atoms with E-state index >= 15 is 0 Å². The molecule has 0 aromatic heterocycles. The van der Waals surface area contributed by atoms with Crippen LogP contribution in [0.15, 0.2) is 30.3 Å². The van der Waals surface area contributed by atoms with Crippen molar-refractivity contribution in [3.8, 4) is 17.6 Å². The molecular formula is C13H7ClF2N2O. The van der Waals surface area contributed by atoms with Crippen LogP contribution in [0.5, 0.6) is 11.5 Å². The maximum absolute atomic E-state index is 13.4. The summed E-state index contributed by atoms with van der Waals surface area (Å²) < 4.78 is 31.8. The Morgan fingerprint density at radius 2 is 1.89 bits per heavy atom. The van der Waals surface area contributed by atoms with Gasteiger partial charge in [0.15, 0.2) is 0 Å². The van der Waals surface area contributed by atoms with Gasteiger partial charge in [-0.05, 0) is 18.2 Å². The molecule has 0 saturated heterocycles. The maximum atomic E-state index is 13.4. The SMILES string of the molecule is N#Cc1c(F)cccc1Oc1cc(N)c(F)cc1Cl. The predicted molar refractivity (Wildman–Crippen MR) is 67.0 cm³/mol. The molecule has 2 aromatic carbocycles. The van der Waals surface area contributed by atoms with Crippen LogP contribution in [0, 0.1) is 23.0 Å². The van der Waals surface area contributed by atoms with E-state index in [1.165, 1.54) is 18.2 Å². The Balaban J connectivity index is 2.45. The van der Waals surface area contributed by atoms with Crippen LogP contribution in [0.3, 0.4) is 0 Å². The number of nitrogens with two attached hydrogens (primary N) is 1. The van der Waals surface area contributed by atoms with Crippen LogP contribution in [-0.4, -0.2) is 0 Å². The summed E-state index contributed by atoms with van der Waals surface area (Å²) >= 11 is 5.79. The fraction of sp³-hybridized carbons (Fsp3) is 0. The number of nitriles is 1. The Morgan fingerprint density at radius 3 is 2.58 bits per heavy atom. The molecule has 0 bridgehead atoms. The minimum Gasteiger partial charge on any atom is -0.454 e. The van der Waals surface area contributed by atoms with Gasteiger partial charge in [0.05, 0.1) is 10.7 Å². The van der Waals surface area contributed by atoms with E-state index < -0.39 is 11.6 Å². The Morgan fingerprint density at radius 1 is 1.16 bits per heavy atom. The largest absolute Gasteiger partial charge is 0.454 e. The third kappa shape index (κ3) is 2.59. The Kier molecular flexibility index (Phi) is 3.54. The van der Waals surface area contributed by atoms with E-state index in [2.05, 4.69) is 0 Å². The van der Waals surface area contributed by atoms with E-state index in [1.54, 1.807) is 6.07 Å². The van der Waals surface area contributed by atoms with Crippen molar-refractivity contribution >= 4 is 17.3 Å².